The lowest BCUT2D eigenvalue weighted by Crippen LogP contribution is -2.62. The predicted molar refractivity (Wildman–Crippen MR) is 181 cm³/mol. The zero-order chi connectivity index (χ0) is 30.0. The molecule has 1 aliphatic carbocycles. The molecule has 10 unspecified atom stereocenters. The summed E-state index contributed by atoms with van der Waals surface area (Å²) in [5.41, 5.74) is 2.66. The molecule has 0 amide bonds. The van der Waals surface area contributed by atoms with Crippen LogP contribution in [0.4, 0.5) is 0 Å². The molecule has 2 heterocycles. The third kappa shape index (κ3) is 8.93. The Hall–Kier alpha value is -0.716. The number of epoxide rings is 1. The zero-order valence-electron chi connectivity index (χ0n) is 26.7. The van der Waals surface area contributed by atoms with Gasteiger partial charge in [-0.05, 0) is 105 Å². The summed E-state index contributed by atoms with van der Waals surface area (Å²) in [4.78, 5) is 0. The highest BCUT2D eigenvalue weighted by Gasteiger charge is 2.52. The third-order valence-corrected chi connectivity index (χ3v) is 29.8. The predicted octanol–water partition coefficient (Wildman–Crippen LogP) is 7.56. The van der Waals surface area contributed by atoms with Gasteiger partial charge in [-0.1, -0.05) is 74.5 Å². The lowest BCUT2D eigenvalue weighted by Gasteiger charge is -2.46. The van der Waals surface area contributed by atoms with Crippen LogP contribution in [0.25, 0.3) is 0 Å². The standard InChI is InChI=1S/C31H52O6Si5/c1-25(28-14-10-8-11-15-28)23-41(6)35-39(4)33-38(3)34-40(5,21-20-27-18-19-30-31(22-27)32-30)36-42(7,37-41)24-26(2)29-16-12-9-13-17-29/h8-17,25-27,30-31,38-39H,18-24H2,1-7H3. The van der Waals surface area contributed by atoms with Crippen molar-refractivity contribution in [2.75, 3.05) is 0 Å². The van der Waals surface area contributed by atoms with Gasteiger partial charge in [0.05, 0.1) is 12.2 Å². The number of rotatable bonds is 9. The SMILES string of the molecule is CC(C[Si]1(C)O[SiH](C)O[SiH](C)O[Si](C)(CCC2CCC3OC3C2)O[Si](C)(CC(C)c2ccccc2)O1)c1ccccc1. The molecule has 232 valence electrons. The van der Waals surface area contributed by atoms with Crippen LogP contribution in [0, 0.1) is 5.92 Å². The molecule has 2 saturated heterocycles. The van der Waals surface area contributed by atoms with Crippen LogP contribution < -0.4 is 0 Å². The fourth-order valence-electron chi connectivity index (χ4n) is 7.42. The van der Waals surface area contributed by atoms with Gasteiger partial charge >= 0.3 is 25.7 Å². The maximum atomic E-state index is 7.44. The van der Waals surface area contributed by atoms with Gasteiger partial charge in [-0.2, -0.15) is 0 Å². The number of benzene rings is 2. The highest BCUT2D eigenvalue weighted by Crippen LogP contribution is 2.43. The zero-order valence-corrected chi connectivity index (χ0v) is 32.0. The van der Waals surface area contributed by atoms with E-state index in [-0.39, 0.29) is 0 Å². The monoisotopic (exact) mass is 660 g/mol. The molecular formula is C31H52O6Si5. The molecule has 6 nitrogen and oxygen atoms in total. The van der Waals surface area contributed by atoms with E-state index >= 15 is 0 Å². The van der Waals surface area contributed by atoms with E-state index in [0.717, 1.165) is 24.6 Å². The van der Waals surface area contributed by atoms with E-state index in [4.69, 9.17) is 25.3 Å². The van der Waals surface area contributed by atoms with E-state index in [0.29, 0.717) is 30.0 Å². The summed E-state index contributed by atoms with van der Waals surface area (Å²) in [5.74, 6) is 1.33. The Kier molecular flexibility index (Phi) is 10.7. The van der Waals surface area contributed by atoms with Crippen LogP contribution in [0.5, 0.6) is 0 Å². The Morgan fingerprint density at radius 3 is 1.81 bits per heavy atom. The molecule has 3 aliphatic rings. The Balaban J connectivity index is 1.42. The topological polar surface area (TPSA) is 58.7 Å². The first-order chi connectivity index (χ1) is 19.9. The molecule has 42 heavy (non-hydrogen) atoms. The smallest absolute Gasteiger partial charge is 0.317 e. The average molecular weight is 661 g/mol. The van der Waals surface area contributed by atoms with E-state index in [9.17, 15) is 0 Å². The molecule has 0 N–H and O–H groups in total. The summed E-state index contributed by atoms with van der Waals surface area (Å²) >= 11 is 0. The van der Waals surface area contributed by atoms with Crippen molar-refractivity contribution in [3.05, 3.63) is 71.8 Å². The average Bonchev–Trinajstić information content (AvgIpc) is 3.70. The summed E-state index contributed by atoms with van der Waals surface area (Å²) in [5, 5.41) is 0. The molecule has 0 aromatic heterocycles. The van der Waals surface area contributed by atoms with Gasteiger partial charge in [0.15, 0.2) is 0 Å². The minimum Gasteiger partial charge on any atom is -0.420 e. The Bertz CT molecular complexity index is 1150. The molecular weight excluding hydrogens is 609 g/mol. The first kappa shape index (κ1) is 32.7. The Morgan fingerprint density at radius 2 is 1.24 bits per heavy atom. The van der Waals surface area contributed by atoms with Crippen LogP contribution in [0.1, 0.15) is 62.5 Å². The molecule has 0 radical (unpaired) electrons. The molecule has 1 saturated carbocycles. The first-order valence-electron chi connectivity index (χ1n) is 16.1. The minimum absolute atomic E-state index is 0.316. The third-order valence-electron chi connectivity index (χ3n) is 9.29. The highest BCUT2D eigenvalue weighted by atomic mass is 28.5. The molecule has 2 aromatic rings. The number of hydrogen-bond donors (Lipinski definition) is 0. The maximum Gasteiger partial charge on any atom is 0.317 e. The van der Waals surface area contributed by atoms with Crippen molar-refractivity contribution in [2.45, 2.75) is 114 Å². The van der Waals surface area contributed by atoms with Crippen LogP contribution in [-0.4, -0.2) is 56.5 Å². The van der Waals surface area contributed by atoms with Gasteiger partial charge < -0.3 is 25.3 Å². The first-order valence-corrected chi connectivity index (χ1v) is 27.9. The largest absolute Gasteiger partial charge is 0.420 e. The van der Waals surface area contributed by atoms with Crippen molar-refractivity contribution < 1.29 is 25.3 Å². The van der Waals surface area contributed by atoms with Gasteiger partial charge in [-0.15, -0.1) is 0 Å². The lowest BCUT2D eigenvalue weighted by atomic mass is 9.88. The second-order valence-corrected chi connectivity index (χ2v) is 28.6. The molecule has 2 aromatic carbocycles. The van der Waals surface area contributed by atoms with Gasteiger partial charge in [0.1, 0.15) is 0 Å². The van der Waals surface area contributed by atoms with E-state index in [1.54, 1.807) is 0 Å². The lowest BCUT2D eigenvalue weighted by molar-refractivity contribution is 0.242. The number of hydrogen-bond acceptors (Lipinski definition) is 6. The molecule has 10 atom stereocenters. The van der Waals surface area contributed by atoms with Gasteiger partial charge in [0.2, 0.25) is 0 Å². The summed E-state index contributed by atoms with van der Waals surface area (Å²) < 4.78 is 41.2. The van der Waals surface area contributed by atoms with Gasteiger partial charge in [-0.25, -0.2) is 0 Å². The Labute approximate surface area is 260 Å². The molecule has 2 aliphatic heterocycles. The second-order valence-electron chi connectivity index (χ2n) is 13.6. The Morgan fingerprint density at radius 1 is 0.714 bits per heavy atom. The molecule has 0 bridgehead atoms. The van der Waals surface area contributed by atoms with Crippen LogP contribution in [0.15, 0.2) is 60.7 Å². The van der Waals surface area contributed by atoms with Gasteiger partial charge in [0.25, 0.3) is 18.6 Å². The fourth-order valence-corrected chi connectivity index (χ4v) is 31.6. The van der Waals surface area contributed by atoms with Crippen LogP contribution in [0.3, 0.4) is 0 Å². The summed E-state index contributed by atoms with van der Waals surface area (Å²) in [6.45, 7) is 15.8. The normalized spacial score (nSPS) is 38.7. The molecule has 5 rings (SSSR count). The quantitative estimate of drug-likeness (QED) is 0.204. The van der Waals surface area contributed by atoms with E-state index in [1.807, 2.05) is 0 Å². The van der Waals surface area contributed by atoms with Gasteiger partial charge in [-0.3, -0.25) is 0 Å². The van der Waals surface area contributed by atoms with Crippen molar-refractivity contribution in [2.24, 2.45) is 5.92 Å². The van der Waals surface area contributed by atoms with Crippen LogP contribution >= 0.6 is 0 Å². The van der Waals surface area contributed by atoms with Crippen molar-refractivity contribution in [3.63, 3.8) is 0 Å². The van der Waals surface area contributed by atoms with Crippen molar-refractivity contribution >= 4 is 44.3 Å². The van der Waals surface area contributed by atoms with E-state index < -0.39 is 44.3 Å². The van der Waals surface area contributed by atoms with E-state index in [1.165, 1.54) is 30.4 Å². The highest BCUT2D eigenvalue weighted by molar-refractivity contribution is 6.89. The van der Waals surface area contributed by atoms with Gasteiger partial charge in [0, 0.05) is 0 Å². The summed E-state index contributed by atoms with van der Waals surface area (Å²) in [6, 6.07) is 24.3. The summed E-state index contributed by atoms with van der Waals surface area (Å²) in [7, 11) is -12.0. The van der Waals surface area contributed by atoms with Crippen molar-refractivity contribution in [1.82, 2.24) is 0 Å². The van der Waals surface area contributed by atoms with E-state index in [2.05, 4.69) is 107 Å². The second kappa shape index (κ2) is 13.7. The van der Waals surface area contributed by atoms with Crippen molar-refractivity contribution in [3.8, 4) is 0 Å². The van der Waals surface area contributed by atoms with Crippen LogP contribution in [0.2, 0.25) is 50.9 Å². The van der Waals surface area contributed by atoms with Crippen molar-refractivity contribution in [1.29, 1.82) is 0 Å². The summed E-state index contributed by atoms with van der Waals surface area (Å²) in [6.07, 6.45) is 5.82. The fraction of sp³-hybridized carbons (Fsp3) is 0.613. The number of fused-ring (bicyclic) bond motifs is 1. The molecule has 0 spiro atoms. The maximum absolute atomic E-state index is 7.44. The molecule has 11 heteroatoms. The van der Waals surface area contributed by atoms with Crippen LogP contribution in [-0.2, 0) is 25.3 Å². The molecule has 3 fully saturated rings. The number of ether oxygens (including phenoxy) is 1. The minimum atomic E-state index is -2.77.